The van der Waals surface area contributed by atoms with Gasteiger partial charge >= 0.3 is 5.97 Å². The second-order valence-corrected chi connectivity index (χ2v) is 7.93. The summed E-state index contributed by atoms with van der Waals surface area (Å²) in [7, 11) is 0. The number of hydrazone groups is 1. The van der Waals surface area contributed by atoms with E-state index < -0.39 is 22.4 Å². The quantitative estimate of drug-likeness (QED) is 0.287. The zero-order chi connectivity index (χ0) is 20.8. The minimum absolute atomic E-state index is 0.201. The Bertz CT molecular complexity index is 976. The minimum atomic E-state index is -0.768. The summed E-state index contributed by atoms with van der Waals surface area (Å²) in [6, 6.07) is 13.3. The first-order valence-corrected chi connectivity index (χ1v) is 9.99. The molecule has 1 fully saturated rings. The normalized spacial score (nSPS) is 16.0. The number of rotatable bonds is 6. The van der Waals surface area contributed by atoms with Gasteiger partial charge in [-0.3, -0.25) is 24.5 Å². The fourth-order valence-corrected chi connectivity index (χ4v) is 3.37. The number of nitrogens with zero attached hydrogens (tertiary/aromatic N) is 1. The number of nitrogens with one attached hydrogen (secondary N) is 2. The Morgan fingerprint density at radius 3 is 2.45 bits per heavy atom. The summed E-state index contributed by atoms with van der Waals surface area (Å²) in [5.74, 6) is -1.16. The molecule has 148 valence electrons. The van der Waals surface area contributed by atoms with Gasteiger partial charge in [0.2, 0.25) is 5.91 Å². The molecule has 1 unspecified atom stereocenters. The summed E-state index contributed by atoms with van der Waals surface area (Å²) in [5, 5.41) is 4.77. The predicted octanol–water partition coefficient (Wildman–Crippen LogP) is 2.86. The summed E-state index contributed by atoms with van der Waals surface area (Å²) in [5.41, 5.74) is 3.58. The molecule has 2 N–H and O–H groups in total. The molecule has 0 bridgehead atoms. The third-order valence-electron chi connectivity index (χ3n) is 3.72. The molecule has 3 rings (SSSR count). The summed E-state index contributed by atoms with van der Waals surface area (Å²) < 4.78 is 6.04. The van der Waals surface area contributed by atoms with Gasteiger partial charge in [0.1, 0.15) is 11.0 Å². The van der Waals surface area contributed by atoms with Crippen molar-refractivity contribution in [3.63, 3.8) is 0 Å². The van der Waals surface area contributed by atoms with E-state index in [4.69, 9.17) is 4.74 Å². The lowest BCUT2D eigenvalue weighted by Crippen LogP contribution is -2.27. The van der Waals surface area contributed by atoms with Crippen molar-refractivity contribution in [2.75, 3.05) is 0 Å². The summed E-state index contributed by atoms with van der Waals surface area (Å²) in [6.07, 6.45) is 1.25. The smallest absolute Gasteiger partial charge is 0.312 e. The average Bonchev–Trinajstić information content (AvgIpc) is 3.00. The number of carbonyl (C=O) groups is 4. The molecular formula is C19H14BrN3O5S. The maximum atomic E-state index is 12.0. The number of benzene rings is 2. The van der Waals surface area contributed by atoms with Crippen molar-refractivity contribution in [1.82, 2.24) is 10.7 Å². The second-order valence-electron chi connectivity index (χ2n) is 5.84. The van der Waals surface area contributed by atoms with Crippen molar-refractivity contribution in [2.24, 2.45) is 5.10 Å². The van der Waals surface area contributed by atoms with Gasteiger partial charge in [0.15, 0.2) is 0 Å². The molecule has 1 saturated heterocycles. The third kappa shape index (κ3) is 6.00. The number of carbonyl (C=O) groups excluding carboxylic acids is 4. The molecule has 1 aliphatic rings. The highest BCUT2D eigenvalue weighted by Crippen LogP contribution is 2.23. The van der Waals surface area contributed by atoms with Gasteiger partial charge in [0, 0.05) is 10.0 Å². The first-order chi connectivity index (χ1) is 13.9. The summed E-state index contributed by atoms with van der Waals surface area (Å²) in [6.45, 7) is 0. The lowest BCUT2D eigenvalue weighted by molar-refractivity contribution is -0.135. The minimum Gasteiger partial charge on any atom is -0.426 e. The molecule has 1 atom stereocenters. The Labute approximate surface area is 178 Å². The number of hydrogen-bond acceptors (Lipinski definition) is 7. The van der Waals surface area contributed by atoms with Crippen LogP contribution in [0.2, 0.25) is 0 Å². The number of esters is 1. The highest BCUT2D eigenvalue weighted by Gasteiger charge is 2.33. The number of halogens is 1. The van der Waals surface area contributed by atoms with Crippen molar-refractivity contribution < 1.29 is 23.9 Å². The van der Waals surface area contributed by atoms with Crippen molar-refractivity contribution in [2.45, 2.75) is 11.7 Å². The maximum absolute atomic E-state index is 12.0. The van der Waals surface area contributed by atoms with Gasteiger partial charge in [-0.2, -0.15) is 5.10 Å². The van der Waals surface area contributed by atoms with Gasteiger partial charge in [-0.15, -0.1) is 0 Å². The lowest BCUT2D eigenvalue weighted by atomic mass is 10.2. The van der Waals surface area contributed by atoms with Crippen LogP contribution in [0.25, 0.3) is 0 Å². The number of ether oxygens (including phenoxy) is 1. The summed E-state index contributed by atoms with van der Waals surface area (Å²) in [4.78, 5) is 46.4. The predicted molar refractivity (Wildman–Crippen MR) is 111 cm³/mol. The number of amides is 3. The molecule has 2 aromatic rings. The molecule has 8 nitrogen and oxygen atoms in total. The molecule has 0 radical (unpaired) electrons. The monoisotopic (exact) mass is 475 g/mol. The Morgan fingerprint density at radius 2 is 1.83 bits per heavy atom. The van der Waals surface area contributed by atoms with Crippen molar-refractivity contribution in [1.29, 1.82) is 0 Å². The van der Waals surface area contributed by atoms with E-state index in [2.05, 4.69) is 31.8 Å². The van der Waals surface area contributed by atoms with E-state index in [9.17, 15) is 19.2 Å². The lowest BCUT2D eigenvalue weighted by Gasteiger charge is -2.06. The van der Waals surface area contributed by atoms with Crippen LogP contribution in [0.3, 0.4) is 0 Å². The van der Waals surface area contributed by atoms with E-state index in [1.54, 1.807) is 48.5 Å². The van der Waals surface area contributed by atoms with Crippen molar-refractivity contribution in [3.8, 4) is 5.75 Å². The number of hydrogen-bond donors (Lipinski definition) is 2. The fraction of sp³-hybridized carbons (Fsp3) is 0.105. The van der Waals surface area contributed by atoms with Crippen LogP contribution in [-0.4, -0.2) is 34.5 Å². The summed E-state index contributed by atoms with van der Waals surface area (Å²) >= 11 is 4.07. The van der Waals surface area contributed by atoms with Crippen LogP contribution in [-0.2, 0) is 9.59 Å². The van der Waals surface area contributed by atoms with Crippen LogP contribution in [0.15, 0.2) is 58.1 Å². The molecule has 29 heavy (non-hydrogen) atoms. The highest BCUT2D eigenvalue weighted by atomic mass is 79.9. The van der Waals surface area contributed by atoms with Gasteiger partial charge in [0.25, 0.3) is 11.1 Å². The highest BCUT2D eigenvalue weighted by molar-refractivity contribution is 9.10. The van der Waals surface area contributed by atoms with E-state index >= 15 is 0 Å². The van der Waals surface area contributed by atoms with Gasteiger partial charge in [-0.25, -0.2) is 5.43 Å². The molecule has 3 amide bonds. The van der Waals surface area contributed by atoms with Crippen molar-refractivity contribution in [3.05, 3.63) is 64.1 Å². The third-order valence-corrected chi connectivity index (χ3v) is 5.23. The SMILES string of the molecule is O=C(CC1SC(=O)NC1=O)Oc1ccc(/C=N/NC(=O)c2ccc(Br)cc2)cc1. The molecular weight excluding hydrogens is 462 g/mol. The largest absolute Gasteiger partial charge is 0.426 e. The first-order valence-electron chi connectivity index (χ1n) is 8.32. The Morgan fingerprint density at radius 1 is 1.14 bits per heavy atom. The van der Waals surface area contributed by atoms with Crippen LogP contribution in [0, 0.1) is 0 Å². The molecule has 0 saturated carbocycles. The van der Waals surface area contributed by atoms with Gasteiger partial charge < -0.3 is 4.74 Å². The van der Waals surface area contributed by atoms with Crippen LogP contribution in [0.5, 0.6) is 5.75 Å². The van der Waals surface area contributed by atoms with E-state index in [0.29, 0.717) is 16.9 Å². The standard InChI is InChI=1S/C19H14BrN3O5S/c20-13-5-3-12(4-6-13)17(25)23-21-10-11-1-7-14(8-2-11)28-16(24)9-15-18(26)22-19(27)29-15/h1-8,10,15H,9H2,(H,23,25)(H,22,26,27)/b21-10+. The number of thioether (sulfide) groups is 1. The molecule has 0 spiro atoms. The zero-order valence-electron chi connectivity index (χ0n) is 14.8. The Kier molecular flexibility index (Phi) is 6.78. The molecule has 2 aromatic carbocycles. The van der Waals surface area contributed by atoms with Crippen LogP contribution in [0.1, 0.15) is 22.3 Å². The van der Waals surface area contributed by atoms with E-state index in [1.807, 2.05) is 0 Å². The van der Waals surface area contributed by atoms with Gasteiger partial charge in [0.05, 0.1) is 12.6 Å². The second kappa shape index (κ2) is 9.48. The van der Waals surface area contributed by atoms with E-state index in [1.165, 1.54) is 6.21 Å². The molecule has 1 aliphatic heterocycles. The first kappa shape index (κ1) is 20.7. The average molecular weight is 476 g/mol. The van der Waals surface area contributed by atoms with Crippen LogP contribution in [0.4, 0.5) is 4.79 Å². The van der Waals surface area contributed by atoms with E-state index in [-0.39, 0.29) is 12.3 Å². The molecule has 1 heterocycles. The van der Waals surface area contributed by atoms with Crippen LogP contribution < -0.4 is 15.5 Å². The molecule has 0 aliphatic carbocycles. The maximum Gasteiger partial charge on any atom is 0.312 e. The zero-order valence-corrected chi connectivity index (χ0v) is 17.2. The van der Waals surface area contributed by atoms with Gasteiger partial charge in [-0.05, 0) is 54.1 Å². The molecule has 0 aromatic heterocycles. The van der Waals surface area contributed by atoms with Gasteiger partial charge in [-0.1, -0.05) is 27.7 Å². The number of imide groups is 1. The topological polar surface area (TPSA) is 114 Å². The fourth-order valence-electron chi connectivity index (χ4n) is 2.31. The van der Waals surface area contributed by atoms with Crippen molar-refractivity contribution >= 4 is 56.9 Å². The Balaban J connectivity index is 1.49. The van der Waals surface area contributed by atoms with E-state index in [0.717, 1.165) is 16.2 Å². The van der Waals surface area contributed by atoms with Crippen LogP contribution >= 0.6 is 27.7 Å². The molecule has 10 heteroatoms. The Hall–Kier alpha value is -2.98.